The Morgan fingerprint density at radius 2 is 1.76 bits per heavy atom. The van der Waals surface area contributed by atoms with Gasteiger partial charge in [-0.05, 0) is 48.6 Å². The van der Waals surface area contributed by atoms with Crippen LogP contribution in [0.25, 0.3) is 0 Å². The molecule has 110 valence electrons. The van der Waals surface area contributed by atoms with Crippen LogP contribution in [0.2, 0.25) is 0 Å². The highest BCUT2D eigenvalue weighted by Crippen LogP contribution is 2.24. The van der Waals surface area contributed by atoms with Gasteiger partial charge in [0.05, 0.1) is 13.7 Å². The molecular formula is C18H22N2O. The van der Waals surface area contributed by atoms with E-state index in [1.54, 1.807) is 7.11 Å². The molecule has 2 aromatic rings. The van der Waals surface area contributed by atoms with Crippen LogP contribution in [0.4, 0.5) is 0 Å². The number of benzene rings is 1. The Labute approximate surface area is 126 Å². The topological polar surface area (TPSA) is 34.5 Å². The van der Waals surface area contributed by atoms with Crippen LogP contribution in [0.3, 0.4) is 0 Å². The zero-order chi connectivity index (χ0) is 15.2. The van der Waals surface area contributed by atoms with Gasteiger partial charge in [0.2, 0.25) is 0 Å². The van der Waals surface area contributed by atoms with Gasteiger partial charge < -0.3 is 4.74 Å². The minimum absolute atomic E-state index is 0.683. The van der Waals surface area contributed by atoms with Crippen molar-refractivity contribution in [1.29, 1.82) is 0 Å². The second-order valence-corrected chi connectivity index (χ2v) is 5.36. The summed E-state index contributed by atoms with van der Waals surface area (Å²) < 4.78 is 5.38. The summed E-state index contributed by atoms with van der Waals surface area (Å²) >= 11 is 0. The van der Waals surface area contributed by atoms with Crippen LogP contribution in [0.15, 0.2) is 35.6 Å². The van der Waals surface area contributed by atoms with E-state index in [1.807, 2.05) is 25.5 Å². The third-order valence-electron chi connectivity index (χ3n) is 3.39. The van der Waals surface area contributed by atoms with E-state index < -0.39 is 0 Å². The standard InChI is InChI=1S/C18H22N2O/c1-13-7-17(12-20-10-13)11-19-6-5-16-8-14(2)18(21-4)15(3)9-16/h6-10,12H,5,11H2,1-4H3. The summed E-state index contributed by atoms with van der Waals surface area (Å²) in [5, 5.41) is 0. The first-order valence-electron chi connectivity index (χ1n) is 7.13. The lowest BCUT2D eigenvalue weighted by atomic mass is 10.0. The Hall–Kier alpha value is -2.16. The molecule has 0 N–H and O–H groups in total. The molecule has 0 aliphatic carbocycles. The molecule has 2 rings (SSSR count). The molecule has 0 fully saturated rings. The normalized spacial score (nSPS) is 11.0. The Morgan fingerprint density at radius 1 is 1.05 bits per heavy atom. The van der Waals surface area contributed by atoms with Crippen molar-refractivity contribution in [3.05, 3.63) is 58.4 Å². The van der Waals surface area contributed by atoms with Gasteiger partial charge >= 0.3 is 0 Å². The number of ether oxygens (including phenoxy) is 1. The zero-order valence-electron chi connectivity index (χ0n) is 13.2. The van der Waals surface area contributed by atoms with E-state index in [4.69, 9.17) is 4.74 Å². The molecule has 0 saturated carbocycles. The molecule has 0 atom stereocenters. The first-order chi connectivity index (χ1) is 10.1. The summed E-state index contributed by atoms with van der Waals surface area (Å²) in [7, 11) is 1.71. The molecule has 0 unspecified atom stereocenters. The maximum absolute atomic E-state index is 5.38. The maximum Gasteiger partial charge on any atom is 0.124 e. The minimum atomic E-state index is 0.683. The van der Waals surface area contributed by atoms with Crippen LogP contribution in [0, 0.1) is 20.8 Å². The van der Waals surface area contributed by atoms with E-state index in [0.29, 0.717) is 6.54 Å². The van der Waals surface area contributed by atoms with Crippen LogP contribution in [-0.4, -0.2) is 18.3 Å². The van der Waals surface area contributed by atoms with Gasteiger partial charge in [-0.2, -0.15) is 0 Å². The number of methoxy groups -OCH3 is 1. The number of hydrogen-bond acceptors (Lipinski definition) is 3. The summed E-state index contributed by atoms with van der Waals surface area (Å²) in [6, 6.07) is 6.43. The molecular weight excluding hydrogens is 260 g/mol. The van der Waals surface area contributed by atoms with Crippen molar-refractivity contribution in [3.8, 4) is 5.75 Å². The lowest BCUT2D eigenvalue weighted by molar-refractivity contribution is 0.408. The van der Waals surface area contributed by atoms with Crippen LogP contribution in [0.1, 0.15) is 27.8 Å². The molecule has 0 saturated heterocycles. The van der Waals surface area contributed by atoms with Crippen molar-refractivity contribution >= 4 is 6.21 Å². The van der Waals surface area contributed by atoms with Gasteiger partial charge in [0.1, 0.15) is 5.75 Å². The van der Waals surface area contributed by atoms with E-state index >= 15 is 0 Å². The highest BCUT2D eigenvalue weighted by molar-refractivity contribution is 5.62. The quantitative estimate of drug-likeness (QED) is 0.781. The SMILES string of the molecule is COc1c(C)cc(CC=NCc2cncc(C)c2)cc1C. The molecule has 0 aliphatic rings. The molecule has 21 heavy (non-hydrogen) atoms. The van der Waals surface area contributed by atoms with Crippen LogP contribution in [-0.2, 0) is 13.0 Å². The monoisotopic (exact) mass is 282 g/mol. The second-order valence-electron chi connectivity index (χ2n) is 5.36. The van der Waals surface area contributed by atoms with Gasteiger partial charge in [-0.15, -0.1) is 0 Å². The number of aliphatic imine (C=N–C) groups is 1. The highest BCUT2D eigenvalue weighted by Gasteiger charge is 2.04. The number of rotatable bonds is 5. The van der Waals surface area contributed by atoms with Crippen LogP contribution in [0.5, 0.6) is 5.75 Å². The Morgan fingerprint density at radius 3 is 2.38 bits per heavy atom. The minimum Gasteiger partial charge on any atom is -0.496 e. The van der Waals surface area contributed by atoms with Gasteiger partial charge in [0.15, 0.2) is 0 Å². The predicted octanol–water partition coefficient (Wildman–Crippen LogP) is 3.83. The molecule has 1 aromatic heterocycles. The van der Waals surface area contributed by atoms with Crippen molar-refractivity contribution in [2.75, 3.05) is 7.11 Å². The zero-order valence-corrected chi connectivity index (χ0v) is 13.2. The van der Waals surface area contributed by atoms with Crippen molar-refractivity contribution in [1.82, 2.24) is 4.98 Å². The van der Waals surface area contributed by atoms with Gasteiger partial charge in [-0.1, -0.05) is 18.2 Å². The largest absolute Gasteiger partial charge is 0.496 e. The predicted molar refractivity (Wildman–Crippen MR) is 87.3 cm³/mol. The van der Waals surface area contributed by atoms with Crippen molar-refractivity contribution in [2.45, 2.75) is 33.7 Å². The Balaban J connectivity index is 1.98. The summed E-state index contributed by atoms with van der Waals surface area (Å²) in [6.07, 6.45) is 6.54. The van der Waals surface area contributed by atoms with E-state index in [1.165, 1.54) is 22.3 Å². The summed E-state index contributed by atoms with van der Waals surface area (Å²) in [5.74, 6) is 0.974. The summed E-state index contributed by atoms with van der Waals surface area (Å²) in [4.78, 5) is 8.66. The molecule has 3 heteroatoms. The lowest BCUT2D eigenvalue weighted by Gasteiger charge is -2.10. The number of nitrogens with zero attached hydrogens (tertiary/aromatic N) is 2. The first kappa shape index (κ1) is 15.2. The van der Waals surface area contributed by atoms with Gasteiger partial charge in [-0.3, -0.25) is 9.98 Å². The van der Waals surface area contributed by atoms with E-state index in [0.717, 1.165) is 17.7 Å². The van der Waals surface area contributed by atoms with E-state index in [9.17, 15) is 0 Å². The van der Waals surface area contributed by atoms with E-state index in [2.05, 4.69) is 42.0 Å². The molecule has 1 aromatic carbocycles. The molecule has 0 amide bonds. The molecule has 0 aliphatic heterocycles. The third kappa shape index (κ3) is 4.15. The fraction of sp³-hybridized carbons (Fsp3) is 0.333. The first-order valence-corrected chi connectivity index (χ1v) is 7.13. The third-order valence-corrected chi connectivity index (χ3v) is 3.39. The Kier molecular flexibility index (Phi) is 5.09. The number of hydrogen-bond donors (Lipinski definition) is 0. The number of aryl methyl sites for hydroxylation is 3. The molecule has 0 radical (unpaired) electrons. The second kappa shape index (κ2) is 7.02. The number of aromatic nitrogens is 1. The van der Waals surface area contributed by atoms with E-state index in [-0.39, 0.29) is 0 Å². The fourth-order valence-electron chi connectivity index (χ4n) is 2.52. The number of pyridine rings is 1. The van der Waals surface area contributed by atoms with Crippen molar-refractivity contribution in [3.63, 3.8) is 0 Å². The highest BCUT2D eigenvalue weighted by atomic mass is 16.5. The smallest absolute Gasteiger partial charge is 0.124 e. The van der Waals surface area contributed by atoms with Crippen LogP contribution >= 0.6 is 0 Å². The van der Waals surface area contributed by atoms with Crippen LogP contribution < -0.4 is 4.74 Å². The van der Waals surface area contributed by atoms with Gasteiger partial charge in [0, 0.05) is 25.0 Å². The van der Waals surface area contributed by atoms with Gasteiger partial charge in [0.25, 0.3) is 0 Å². The molecule has 1 heterocycles. The summed E-state index contributed by atoms with van der Waals surface area (Å²) in [5.41, 5.74) is 5.92. The maximum atomic E-state index is 5.38. The Bertz CT molecular complexity index is 624. The molecule has 0 bridgehead atoms. The molecule has 0 spiro atoms. The summed E-state index contributed by atoms with van der Waals surface area (Å²) in [6.45, 7) is 6.88. The van der Waals surface area contributed by atoms with Crippen molar-refractivity contribution < 1.29 is 4.74 Å². The van der Waals surface area contributed by atoms with Gasteiger partial charge in [-0.25, -0.2) is 0 Å². The van der Waals surface area contributed by atoms with Crippen molar-refractivity contribution in [2.24, 2.45) is 4.99 Å². The fourth-order valence-corrected chi connectivity index (χ4v) is 2.52. The average molecular weight is 282 g/mol. The lowest BCUT2D eigenvalue weighted by Crippen LogP contribution is -1.95. The average Bonchev–Trinajstić information content (AvgIpc) is 2.43. The molecule has 3 nitrogen and oxygen atoms in total.